The Balaban J connectivity index is 1.91. The molecule has 8 nitrogen and oxygen atoms in total. The highest BCUT2D eigenvalue weighted by atomic mass is 35.5. The molecule has 0 atom stereocenters. The fraction of sp³-hybridized carbons (Fsp3) is 0.143. The average molecular weight is 462 g/mol. The van der Waals surface area contributed by atoms with Gasteiger partial charge < -0.3 is 14.8 Å². The van der Waals surface area contributed by atoms with E-state index in [1.165, 1.54) is 44.6 Å². The number of halogens is 1. The summed E-state index contributed by atoms with van der Waals surface area (Å²) in [5.41, 5.74) is 1.49. The lowest BCUT2D eigenvalue weighted by Crippen LogP contribution is -2.17. The second kappa shape index (κ2) is 9.23. The lowest BCUT2D eigenvalue weighted by molar-refractivity contribution is 0.102. The molecule has 1 heterocycles. The molecule has 0 aliphatic rings. The lowest BCUT2D eigenvalue weighted by atomic mass is 10.2. The molecule has 0 unspecified atom stereocenters. The number of hydrogen-bond acceptors (Lipinski definition) is 6. The van der Waals surface area contributed by atoms with E-state index in [1.54, 1.807) is 31.2 Å². The average Bonchev–Trinajstić information content (AvgIpc) is 2.75. The minimum atomic E-state index is -4.02. The van der Waals surface area contributed by atoms with Crippen LogP contribution in [0.5, 0.6) is 11.6 Å². The van der Waals surface area contributed by atoms with E-state index < -0.39 is 15.9 Å². The number of carbonyl (C=O) groups is 1. The van der Waals surface area contributed by atoms with Crippen molar-refractivity contribution in [1.82, 2.24) is 4.98 Å². The summed E-state index contributed by atoms with van der Waals surface area (Å²) < 4.78 is 38.7. The number of hydrogen-bond donors (Lipinski definition) is 2. The number of aromatic nitrogens is 1. The summed E-state index contributed by atoms with van der Waals surface area (Å²) >= 11 is 5.85. The Hall–Kier alpha value is -3.30. The van der Waals surface area contributed by atoms with Gasteiger partial charge in [0.15, 0.2) is 0 Å². The standard InChI is InChI=1S/C21H20ClN3O5S/c1-13-4-10-17(21(23-13)30-3)20(26)24-16-9-11-18(29-2)19(12-16)31(27,28)25-15-7-5-14(22)6-8-15/h4-12,25H,1-3H3,(H,24,26). The summed E-state index contributed by atoms with van der Waals surface area (Å²) in [7, 11) is -1.24. The van der Waals surface area contributed by atoms with Gasteiger partial charge in [-0.1, -0.05) is 11.6 Å². The highest BCUT2D eigenvalue weighted by Crippen LogP contribution is 2.30. The molecule has 162 valence electrons. The first-order chi connectivity index (χ1) is 14.7. The van der Waals surface area contributed by atoms with Gasteiger partial charge in [-0.2, -0.15) is 0 Å². The second-order valence-corrected chi connectivity index (χ2v) is 8.53. The Labute approximate surface area is 185 Å². The molecule has 3 rings (SSSR count). The van der Waals surface area contributed by atoms with E-state index >= 15 is 0 Å². The molecule has 3 aromatic rings. The van der Waals surface area contributed by atoms with Crippen LogP contribution in [0.15, 0.2) is 59.5 Å². The number of nitrogens with one attached hydrogen (secondary N) is 2. The van der Waals surface area contributed by atoms with Crippen LogP contribution in [0, 0.1) is 6.92 Å². The maximum Gasteiger partial charge on any atom is 0.265 e. The summed E-state index contributed by atoms with van der Waals surface area (Å²) in [5, 5.41) is 3.14. The molecule has 0 aliphatic heterocycles. The smallest absolute Gasteiger partial charge is 0.265 e. The molecule has 0 radical (unpaired) electrons. The van der Waals surface area contributed by atoms with Crippen LogP contribution >= 0.6 is 11.6 Å². The molecule has 10 heteroatoms. The molecular formula is C21H20ClN3O5S. The van der Waals surface area contributed by atoms with Gasteiger partial charge in [0.1, 0.15) is 16.2 Å². The van der Waals surface area contributed by atoms with Crippen molar-refractivity contribution >= 4 is 38.9 Å². The summed E-state index contributed by atoms with van der Waals surface area (Å²) in [5.74, 6) is -0.208. The number of aryl methyl sites for hydroxylation is 1. The number of anilines is 2. The molecule has 31 heavy (non-hydrogen) atoms. The zero-order chi connectivity index (χ0) is 22.6. The Morgan fingerprint density at radius 3 is 2.29 bits per heavy atom. The van der Waals surface area contributed by atoms with Gasteiger partial charge in [0.2, 0.25) is 5.88 Å². The van der Waals surface area contributed by atoms with Crippen LogP contribution < -0.4 is 19.5 Å². The van der Waals surface area contributed by atoms with Crippen LogP contribution in [0.25, 0.3) is 0 Å². The molecule has 0 aliphatic carbocycles. The van der Waals surface area contributed by atoms with Gasteiger partial charge in [-0.05, 0) is 61.5 Å². The predicted octanol–water partition coefficient (Wildman–Crippen LogP) is 4.11. The van der Waals surface area contributed by atoms with Crippen molar-refractivity contribution in [3.8, 4) is 11.6 Å². The molecule has 0 saturated carbocycles. The van der Waals surface area contributed by atoms with Crippen LogP contribution in [0.4, 0.5) is 11.4 Å². The van der Waals surface area contributed by atoms with Gasteiger partial charge in [-0.25, -0.2) is 13.4 Å². The van der Waals surface area contributed by atoms with Gasteiger partial charge in [0.25, 0.3) is 15.9 Å². The molecular weight excluding hydrogens is 442 g/mol. The zero-order valence-electron chi connectivity index (χ0n) is 17.0. The summed E-state index contributed by atoms with van der Waals surface area (Å²) in [4.78, 5) is 16.7. The van der Waals surface area contributed by atoms with Gasteiger partial charge in [0.05, 0.1) is 14.2 Å². The van der Waals surface area contributed by atoms with E-state index in [-0.39, 0.29) is 27.8 Å². The van der Waals surface area contributed by atoms with Crippen molar-refractivity contribution in [2.75, 3.05) is 24.3 Å². The normalized spacial score (nSPS) is 11.0. The van der Waals surface area contributed by atoms with E-state index in [9.17, 15) is 13.2 Å². The Kier molecular flexibility index (Phi) is 6.67. The zero-order valence-corrected chi connectivity index (χ0v) is 18.5. The Morgan fingerprint density at radius 1 is 0.968 bits per heavy atom. The largest absolute Gasteiger partial charge is 0.495 e. The number of nitrogens with zero attached hydrogens (tertiary/aromatic N) is 1. The molecule has 0 saturated heterocycles. The quantitative estimate of drug-likeness (QED) is 0.548. The third-order valence-corrected chi connectivity index (χ3v) is 5.90. The number of rotatable bonds is 7. The molecule has 0 fully saturated rings. The highest BCUT2D eigenvalue weighted by molar-refractivity contribution is 7.92. The topological polar surface area (TPSA) is 107 Å². The van der Waals surface area contributed by atoms with E-state index in [2.05, 4.69) is 15.0 Å². The number of carbonyl (C=O) groups excluding carboxylic acids is 1. The number of ether oxygens (including phenoxy) is 2. The number of sulfonamides is 1. The first-order valence-electron chi connectivity index (χ1n) is 9.03. The summed E-state index contributed by atoms with van der Waals surface area (Å²) in [6, 6.07) is 13.8. The monoisotopic (exact) mass is 461 g/mol. The fourth-order valence-corrected chi connectivity index (χ4v) is 4.13. The third kappa shape index (κ3) is 5.25. The fourth-order valence-electron chi connectivity index (χ4n) is 2.75. The molecule has 0 spiro atoms. The number of methoxy groups -OCH3 is 2. The van der Waals surface area contributed by atoms with Crippen LogP contribution in [0.1, 0.15) is 16.1 Å². The van der Waals surface area contributed by atoms with Crippen LogP contribution in [0.3, 0.4) is 0 Å². The van der Waals surface area contributed by atoms with Crippen LogP contribution in [-0.2, 0) is 10.0 Å². The van der Waals surface area contributed by atoms with Crippen molar-refractivity contribution < 1.29 is 22.7 Å². The number of benzene rings is 2. The Bertz CT molecular complexity index is 1210. The van der Waals surface area contributed by atoms with Crippen molar-refractivity contribution in [3.05, 3.63) is 70.9 Å². The second-order valence-electron chi connectivity index (χ2n) is 6.44. The van der Waals surface area contributed by atoms with Gasteiger partial charge in [-0.3, -0.25) is 9.52 Å². The molecule has 0 bridgehead atoms. The highest BCUT2D eigenvalue weighted by Gasteiger charge is 2.22. The first-order valence-corrected chi connectivity index (χ1v) is 10.9. The van der Waals surface area contributed by atoms with Gasteiger partial charge >= 0.3 is 0 Å². The van der Waals surface area contributed by atoms with Crippen molar-refractivity contribution in [1.29, 1.82) is 0 Å². The van der Waals surface area contributed by atoms with E-state index in [1.807, 2.05) is 0 Å². The van der Waals surface area contributed by atoms with E-state index in [0.29, 0.717) is 16.4 Å². The van der Waals surface area contributed by atoms with Crippen LogP contribution in [0.2, 0.25) is 5.02 Å². The van der Waals surface area contributed by atoms with Gasteiger partial charge in [-0.15, -0.1) is 0 Å². The van der Waals surface area contributed by atoms with Crippen LogP contribution in [-0.4, -0.2) is 33.5 Å². The number of amides is 1. The minimum absolute atomic E-state index is 0.119. The lowest BCUT2D eigenvalue weighted by Gasteiger charge is -2.14. The van der Waals surface area contributed by atoms with Gasteiger partial charge in [0, 0.05) is 22.1 Å². The summed E-state index contributed by atoms with van der Waals surface area (Å²) in [6.07, 6.45) is 0. The first kappa shape index (κ1) is 22.4. The molecule has 2 aromatic carbocycles. The SMILES string of the molecule is COc1ccc(NC(=O)c2ccc(C)nc2OC)cc1S(=O)(=O)Nc1ccc(Cl)cc1. The summed E-state index contributed by atoms with van der Waals surface area (Å²) in [6.45, 7) is 1.78. The third-order valence-electron chi connectivity index (χ3n) is 4.24. The van der Waals surface area contributed by atoms with E-state index in [0.717, 1.165) is 0 Å². The molecule has 1 aromatic heterocycles. The van der Waals surface area contributed by atoms with Crippen molar-refractivity contribution in [3.63, 3.8) is 0 Å². The predicted molar refractivity (Wildman–Crippen MR) is 119 cm³/mol. The van der Waals surface area contributed by atoms with Crippen molar-refractivity contribution in [2.45, 2.75) is 11.8 Å². The molecule has 1 amide bonds. The van der Waals surface area contributed by atoms with E-state index in [4.69, 9.17) is 21.1 Å². The Morgan fingerprint density at radius 2 is 1.65 bits per heavy atom. The molecule has 2 N–H and O–H groups in total. The maximum atomic E-state index is 12.9. The maximum absolute atomic E-state index is 12.9. The van der Waals surface area contributed by atoms with Crippen molar-refractivity contribution in [2.24, 2.45) is 0 Å². The number of pyridine rings is 1. The minimum Gasteiger partial charge on any atom is -0.495 e.